The zero-order valence-corrected chi connectivity index (χ0v) is 11.8. The fourth-order valence-electron chi connectivity index (χ4n) is 1.75. The average molecular weight is 298 g/mol. The Morgan fingerprint density at radius 1 is 1.18 bits per heavy atom. The molecule has 1 amide bonds. The van der Waals surface area contributed by atoms with Crippen LogP contribution in [0.2, 0.25) is 0 Å². The molecule has 2 N–H and O–H groups in total. The summed E-state index contributed by atoms with van der Waals surface area (Å²) in [4.78, 5) is 30.6. The minimum absolute atomic E-state index is 0.244. The van der Waals surface area contributed by atoms with E-state index in [0.29, 0.717) is 0 Å². The summed E-state index contributed by atoms with van der Waals surface area (Å²) in [7, 11) is 1.79. The van der Waals surface area contributed by atoms with Crippen LogP contribution in [-0.2, 0) is 11.8 Å². The number of carbonyl (C=O) groups is 2. The molecule has 0 aliphatic heterocycles. The lowest BCUT2D eigenvalue weighted by Gasteiger charge is -2.00. The molecule has 0 saturated carbocycles. The van der Waals surface area contributed by atoms with Gasteiger partial charge in [0.2, 0.25) is 5.78 Å². The SMILES string of the molecule is Cn1c(/C=C/C(=O)NO)ccc1/C=C/C(=O)c1cnccn1. The van der Waals surface area contributed by atoms with Gasteiger partial charge in [-0.2, -0.15) is 0 Å². The highest BCUT2D eigenvalue weighted by Crippen LogP contribution is 2.11. The monoisotopic (exact) mass is 298 g/mol. The number of rotatable bonds is 5. The van der Waals surface area contributed by atoms with Gasteiger partial charge in [-0.3, -0.25) is 19.8 Å². The van der Waals surface area contributed by atoms with Gasteiger partial charge in [-0.1, -0.05) is 0 Å². The molecule has 0 radical (unpaired) electrons. The van der Waals surface area contributed by atoms with Crippen molar-refractivity contribution < 1.29 is 14.8 Å². The first-order valence-electron chi connectivity index (χ1n) is 6.38. The zero-order chi connectivity index (χ0) is 15.9. The molecule has 2 heterocycles. The zero-order valence-electron chi connectivity index (χ0n) is 11.8. The molecule has 0 spiro atoms. The Kier molecular flexibility index (Phi) is 4.94. The lowest BCUT2D eigenvalue weighted by molar-refractivity contribution is -0.124. The van der Waals surface area contributed by atoms with Gasteiger partial charge in [-0.25, -0.2) is 10.5 Å². The van der Waals surface area contributed by atoms with Crippen LogP contribution in [-0.4, -0.2) is 31.4 Å². The molecule has 0 saturated heterocycles. The van der Waals surface area contributed by atoms with Crippen LogP contribution in [0.1, 0.15) is 21.9 Å². The number of carbonyl (C=O) groups excluding carboxylic acids is 2. The van der Waals surface area contributed by atoms with Crippen molar-refractivity contribution in [2.24, 2.45) is 7.05 Å². The predicted octanol–water partition coefficient (Wildman–Crippen LogP) is 1.23. The van der Waals surface area contributed by atoms with E-state index in [4.69, 9.17) is 5.21 Å². The van der Waals surface area contributed by atoms with Gasteiger partial charge in [0.05, 0.1) is 6.20 Å². The van der Waals surface area contributed by atoms with E-state index in [1.807, 2.05) is 0 Å². The Balaban J connectivity index is 2.13. The van der Waals surface area contributed by atoms with Crippen molar-refractivity contribution in [2.45, 2.75) is 0 Å². The third-order valence-electron chi connectivity index (χ3n) is 2.94. The maximum atomic E-state index is 11.9. The van der Waals surface area contributed by atoms with Crippen molar-refractivity contribution >= 4 is 23.8 Å². The topological polar surface area (TPSA) is 97.1 Å². The summed E-state index contributed by atoms with van der Waals surface area (Å²) < 4.78 is 1.79. The fraction of sp³-hybridized carbons (Fsp3) is 0.0667. The highest BCUT2D eigenvalue weighted by atomic mass is 16.5. The highest BCUT2D eigenvalue weighted by Gasteiger charge is 2.04. The van der Waals surface area contributed by atoms with Crippen molar-refractivity contribution in [3.05, 3.63) is 60.0 Å². The second-order valence-electron chi connectivity index (χ2n) is 4.34. The quantitative estimate of drug-likeness (QED) is 0.374. The Labute approximate surface area is 126 Å². The summed E-state index contributed by atoms with van der Waals surface area (Å²) in [5.41, 5.74) is 3.31. The Hall–Kier alpha value is -3.06. The first-order valence-corrected chi connectivity index (χ1v) is 6.38. The molecule has 0 atom stereocenters. The smallest absolute Gasteiger partial charge is 0.267 e. The van der Waals surface area contributed by atoms with Crippen LogP contribution in [0.5, 0.6) is 0 Å². The first-order chi connectivity index (χ1) is 10.6. The number of hydrogen-bond acceptors (Lipinski definition) is 5. The largest absolute Gasteiger partial charge is 0.345 e. The van der Waals surface area contributed by atoms with E-state index in [0.717, 1.165) is 11.4 Å². The fourth-order valence-corrected chi connectivity index (χ4v) is 1.75. The second-order valence-corrected chi connectivity index (χ2v) is 4.34. The van der Waals surface area contributed by atoms with E-state index >= 15 is 0 Å². The van der Waals surface area contributed by atoms with Crippen molar-refractivity contribution in [3.8, 4) is 0 Å². The number of amides is 1. The first kappa shape index (κ1) is 15.3. The lowest BCUT2D eigenvalue weighted by Crippen LogP contribution is -2.14. The van der Waals surface area contributed by atoms with Crippen LogP contribution in [0.4, 0.5) is 0 Å². The van der Waals surface area contributed by atoms with Crippen molar-refractivity contribution in [3.63, 3.8) is 0 Å². The molecule has 2 aromatic heterocycles. The van der Waals surface area contributed by atoms with Crippen LogP contribution in [0, 0.1) is 0 Å². The summed E-state index contributed by atoms with van der Waals surface area (Å²) in [5, 5.41) is 8.42. The standard InChI is InChI=1S/C15H14N4O3/c1-19-11(2-3-12(19)5-7-15(21)18-22)4-6-14(20)13-10-16-8-9-17-13/h2-10,22H,1H3,(H,18,21)/b6-4+,7-5+. The Morgan fingerprint density at radius 3 is 2.45 bits per heavy atom. The molecular formula is C15H14N4O3. The summed E-state index contributed by atoms with van der Waals surface area (Å²) in [5.74, 6) is -0.859. The molecule has 0 aliphatic rings. The third kappa shape index (κ3) is 3.74. The normalized spacial score (nSPS) is 11.2. The average Bonchev–Trinajstić information content (AvgIpc) is 2.91. The molecule has 7 nitrogen and oxygen atoms in total. The van der Waals surface area contributed by atoms with Gasteiger partial charge in [-0.15, -0.1) is 0 Å². The van der Waals surface area contributed by atoms with E-state index in [-0.39, 0.29) is 11.5 Å². The highest BCUT2D eigenvalue weighted by molar-refractivity contribution is 6.05. The molecule has 0 aliphatic carbocycles. The number of hydroxylamine groups is 1. The van der Waals surface area contributed by atoms with Gasteiger partial charge in [0, 0.05) is 36.9 Å². The predicted molar refractivity (Wildman–Crippen MR) is 79.8 cm³/mol. The lowest BCUT2D eigenvalue weighted by atomic mass is 10.2. The molecule has 0 fully saturated rings. The summed E-state index contributed by atoms with van der Waals surface area (Å²) in [6, 6.07) is 3.59. The number of nitrogens with one attached hydrogen (secondary N) is 1. The number of hydrogen-bond donors (Lipinski definition) is 2. The van der Waals surface area contributed by atoms with Crippen molar-refractivity contribution in [2.75, 3.05) is 0 Å². The molecule has 22 heavy (non-hydrogen) atoms. The van der Waals surface area contributed by atoms with E-state index in [1.54, 1.807) is 35.9 Å². The van der Waals surface area contributed by atoms with Crippen LogP contribution < -0.4 is 5.48 Å². The number of ketones is 1. The van der Waals surface area contributed by atoms with Gasteiger partial charge in [-0.05, 0) is 30.4 Å². The van der Waals surface area contributed by atoms with Gasteiger partial charge in [0.15, 0.2) is 0 Å². The van der Waals surface area contributed by atoms with Crippen molar-refractivity contribution in [1.29, 1.82) is 0 Å². The van der Waals surface area contributed by atoms with Gasteiger partial charge in [0.25, 0.3) is 5.91 Å². The summed E-state index contributed by atoms with van der Waals surface area (Å²) in [6.45, 7) is 0. The van der Waals surface area contributed by atoms with Crippen molar-refractivity contribution in [1.82, 2.24) is 20.0 Å². The minimum Gasteiger partial charge on any atom is -0.345 e. The van der Waals surface area contributed by atoms with E-state index in [2.05, 4.69) is 9.97 Å². The summed E-state index contributed by atoms with van der Waals surface area (Å²) in [6.07, 6.45) is 10.2. The number of nitrogens with zero attached hydrogens (tertiary/aromatic N) is 3. The van der Waals surface area contributed by atoms with E-state index < -0.39 is 5.91 Å². The molecular weight excluding hydrogens is 284 g/mol. The van der Waals surface area contributed by atoms with Gasteiger partial charge >= 0.3 is 0 Å². The van der Waals surface area contributed by atoms with Crippen LogP contribution in [0.3, 0.4) is 0 Å². The molecule has 0 bridgehead atoms. The molecule has 2 rings (SSSR count). The Morgan fingerprint density at radius 2 is 1.86 bits per heavy atom. The molecule has 0 unspecified atom stereocenters. The molecule has 112 valence electrons. The molecule has 7 heteroatoms. The minimum atomic E-state index is -0.615. The maximum absolute atomic E-state index is 11.9. The van der Waals surface area contributed by atoms with Gasteiger partial charge in [0.1, 0.15) is 5.69 Å². The molecule has 0 aromatic carbocycles. The number of aromatic nitrogens is 3. The molecule has 2 aromatic rings. The summed E-state index contributed by atoms with van der Waals surface area (Å²) >= 11 is 0. The van der Waals surface area contributed by atoms with E-state index in [9.17, 15) is 9.59 Å². The second kappa shape index (κ2) is 7.09. The van der Waals surface area contributed by atoms with E-state index in [1.165, 1.54) is 36.2 Å². The number of allylic oxidation sites excluding steroid dienone is 1. The third-order valence-corrected chi connectivity index (χ3v) is 2.94. The van der Waals surface area contributed by atoms with Crippen LogP contribution in [0.15, 0.2) is 42.9 Å². The maximum Gasteiger partial charge on any atom is 0.267 e. The van der Waals surface area contributed by atoms with Crippen LogP contribution >= 0.6 is 0 Å². The Bertz CT molecular complexity index is 733. The van der Waals surface area contributed by atoms with Gasteiger partial charge < -0.3 is 4.57 Å². The van der Waals surface area contributed by atoms with Crippen LogP contribution in [0.25, 0.3) is 12.2 Å².